The lowest BCUT2D eigenvalue weighted by atomic mass is 10.1. The monoisotopic (exact) mass is 221 g/mol. The highest BCUT2D eigenvalue weighted by molar-refractivity contribution is 7.91. The molecule has 0 aliphatic carbocycles. The van der Waals surface area contributed by atoms with E-state index in [9.17, 15) is 13.2 Å². The first-order valence-electron chi connectivity index (χ1n) is 4.85. The van der Waals surface area contributed by atoms with Crippen molar-refractivity contribution >= 4 is 15.6 Å². The minimum absolute atomic E-state index is 0.00160. The highest BCUT2D eigenvalue weighted by Crippen LogP contribution is 2.01. The molecular weight excluding hydrogens is 202 g/mol. The number of carbonyl (C=O) groups is 1. The van der Waals surface area contributed by atoms with Crippen LogP contribution in [-0.2, 0) is 14.6 Å². The minimum Gasteiger partial charge on any atom is -0.328 e. The Labute approximate surface area is 85.8 Å². The van der Waals surface area contributed by atoms with Gasteiger partial charge in [0.25, 0.3) is 0 Å². The molecule has 14 heavy (non-hydrogen) atoms. The van der Waals surface area contributed by atoms with Crippen LogP contribution in [0.1, 0.15) is 33.1 Å². The van der Waals surface area contributed by atoms with Crippen LogP contribution in [0.3, 0.4) is 0 Å². The standard InChI is InChI=1S/C9H19NO3S/c1-3-14(12,13)7-6-9(11)5-4-8(2)10/h8H,3-7,10H2,1-2H3. The third-order valence-electron chi connectivity index (χ3n) is 2.01. The molecule has 0 spiro atoms. The molecule has 84 valence electrons. The zero-order chi connectivity index (χ0) is 11.2. The van der Waals surface area contributed by atoms with Gasteiger partial charge in [-0.1, -0.05) is 6.92 Å². The first kappa shape index (κ1) is 13.6. The third kappa shape index (κ3) is 7.03. The Bertz CT molecular complexity index is 270. The molecule has 1 atom stereocenters. The fraction of sp³-hybridized carbons (Fsp3) is 0.889. The summed E-state index contributed by atoms with van der Waals surface area (Å²) in [4.78, 5) is 11.2. The molecule has 0 rings (SSSR count). The van der Waals surface area contributed by atoms with E-state index in [1.54, 1.807) is 6.92 Å². The van der Waals surface area contributed by atoms with Crippen molar-refractivity contribution in [2.75, 3.05) is 11.5 Å². The summed E-state index contributed by atoms with van der Waals surface area (Å²) in [5, 5.41) is 0. The SMILES string of the molecule is CCS(=O)(=O)CCC(=O)CCC(C)N. The molecule has 2 N–H and O–H groups in total. The molecule has 5 heteroatoms. The number of sulfone groups is 1. The quantitative estimate of drug-likeness (QED) is 0.679. The molecule has 0 aromatic rings. The minimum atomic E-state index is -3.01. The molecule has 0 amide bonds. The highest BCUT2D eigenvalue weighted by Gasteiger charge is 2.11. The van der Waals surface area contributed by atoms with Crippen LogP contribution in [0.2, 0.25) is 0 Å². The van der Waals surface area contributed by atoms with Gasteiger partial charge in [-0.05, 0) is 13.3 Å². The van der Waals surface area contributed by atoms with Crippen molar-refractivity contribution in [2.45, 2.75) is 39.2 Å². The van der Waals surface area contributed by atoms with Crippen LogP contribution in [0.4, 0.5) is 0 Å². The van der Waals surface area contributed by atoms with Crippen LogP contribution in [0.25, 0.3) is 0 Å². The average Bonchev–Trinajstić information content (AvgIpc) is 2.11. The van der Waals surface area contributed by atoms with E-state index >= 15 is 0 Å². The van der Waals surface area contributed by atoms with Gasteiger partial charge < -0.3 is 5.73 Å². The van der Waals surface area contributed by atoms with Gasteiger partial charge in [-0.25, -0.2) is 8.42 Å². The Morgan fingerprint density at radius 2 is 1.93 bits per heavy atom. The fourth-order valence-corrected chi connectivity index (χ4v) is 1.75. The van der Waals surface area contributed by atoms with E-state index in [1.165, 1.54) is 0 Å². The maximum Gasteiger partial charge on any atom is 0.150 e. The summed E-state index contributed by atoms with van der Waals surface area (Å²) >= 11 is 0. The predicted octanol–water partition coefficient (Wildman–Crippen LogP) is 0.508. The van der Waals surface area contributed by atoms with Gasteiger partial charge in [0.05, 0.1) is 5.75 Å². The van der Waals surface area contributed by atoms with E-state index in [4.69, 9.17) is 5.73 Å². The number of rotatable bonds is 7. The van der Waals surface area contributed by atoms with Gasteiger partial charge >= 0.3 is 0 Å². The molecule has 4 nitrogen and oxygen atoms in total. The van der Waals surface area contributed by atoms with Crippen molar-refractivity contribution in [1.29, 1.82) is 0 Å². The maximum absolute atomic E-state index is 11.2. The van der Waals surface area contributed by atoms with E-state index in [2.05, 4.69) is 0 Å². The second kappa shape index (κ2) is 6.14. The summed E-state index contributed by atoms with van der Waals surface area (Å²) in [7, 11) is -3.01. The number of hydrogen-bond acceptors (Lipinski definition) is 4. The third-order valence-corrected chi connectivity index (χ3v) is 3.72. The number of Topliss-reactive ketones (excluding diaryl/α,β-unsaturated/α-hetero) is 1. The van der Waals surface area contributed by atoms with Crippen molar-refractivity contribution in [3.8, 4) is 0 Å². The van der Waals surface area contributed by atoms with Crippen molar-refractivity contribution in [1.82, 2.24) is 0 Å². The lowest BCUT2D eigenvalue weighted by molar-refractivity contribution is -0.118. The topological polar surface area (TPSA) is 77.2 Å². The molecular formula is C9H19NO3S. The zero-order valence-corrected chi connectivity index (χ0v) is 9.64. The molecule has 0 heterocycles. The van der Waals surface area contributed by atoms with Crippen molar-refractivity contribution in [3.05, 3.63) is 0 Å². The van der Waals surface area contributed by atoms with Gasteiger partial charge in [-0.2, -0.15) is 0 Å². The first-order valence-corrected chi connectivity index (χ1v) is 6.67. The normalized spacial score (nSPS) is 13.9. The maximum atomic E-state index is 11.2. The van der Waals surface area contributed by atoms with E-state index in [0.29, 0.717) is 12.8 Å². The molecule has 0 fully saturated rings. The lowest BCUT2D eigenvalue weighted by Crippen LogP contribution is -2.18. The van der Waals surface area contributed by atoms with Gasteiger partial charge in [-0.3, -0.25) is 4.79 Å². The summed E-state index contributed by atoms with van der Waals surface area (Å²) in [6, 6.07) is 0.00160. The van der Waals surface area contributed by atoms with E-state index in [0.717, 1.165) is 0 Å². The molecule has 0 saturated heterocycles. The number of carbonyl (C=O) groups excluding carboxylic acids is 1. The largest absolute Gasteiger partial charge is 0.328 e. The highest BCUT2D eigenvalue weighted by atomic mass is 32.2. The average molecular weight is 221 g/mol. The van der Waals surface area contributed by atoms with Crippen LogP contribution in [-0.4, -0.2) is 31.7 Å². The van der Waals surface area contributed by atoms with Gasteiger partial charge in [0.15, 0.2) is 0 Å². The molecule has 0 bridgehead atoms. The fourth-order valence-electron chi connectivity index (χ4n) is 0.927. The predicted molar refractivity (Wildman–Crippen MR) is 56.8 cm³/mol. The van der Waals surface area contributed by atoms with Gasteiger partial charge in [0, 0.05) is 24.6 Å². The van der Waals surface area contributed by atoms with E-state index < -0.39 is 9.84 Å². The summed E-state index contributed by atoms with van der Waals surface area (Å²) < 4.78 is 22.1. The smallest absolute Gasteiger partial charge is 0.150 e. The molecule has 0 aromatic carbocycles. The molecule has 0 aliphatic heterocycles. The molecule has 1 unspecified atom stereocenters. The summed E-state index contributed by atoms with van der Waals surface area (Å²) in [6.45, 7) is 3.41. The Morgan fingerprint density at radius 3 is 2.36 bits per heavy atom. The number of ketones is 1. The van der Waals surface area contributed by atoms with Gasteiger partial charge in [-0.15, -0.1) is 0 Å². The van der Waals surface area contributed by atoms with Crippen LogP contribution >= 0.6 is 0 Å². The van der Waals surface area contributed by atoms with E-state index in [-0.39, 0.29) is 29.8 Å². The zero-order valence-electron chi connectivity index (χ0n) is 8.82. The molecule has 0 saturated carbocycles. The summed E-state index contributed by atoms with van der Waals surface area (Å²) in [5.41, 5.74) is 5.48. The Kier molecular flexibility index (Phi) is 5.95. The van der Waals surface area contributed by atoms with Crippen molar-refractivity contribution < 1.29 is 13.2 Å². The van der Waals surface area contributed by atoms with Crippen molar-refractivity contribution in [3.63, 3.8) is 0 Å². The second-order valence-corrected chi connectivity index (χ2v) is 6.01. The van der Waals surface area contributed by atoms with Crippen LogP contribution in [0.15, 0.2) is 0 Å². The van der Waals surface area contributed by atoms with E-state index in [1.807, 2.05) is 6.92 Å². The van der Waals surface area contributed by atoms with Gasteiger partial charge in [0.2, 0.25) is 0 Å². The Balaban J connectivity index is 3.75. The second-order valence-electron chi connectivity index (χ2n) is 3.54. The first-order chi connectivity index (χ1) is 6.37. The van der Waals surface area contributed by atoms with Crippen LogP contribution in [0, 0.1) is 0 Å². The Hall–Kier alpha value is -0.420. The summed E-state index contributed by atoms with van der Waals surface area (Å²) in [5.74, 6) is 0.0637. The molecule has 0 radical (unpaired) electrons. The van der Waals surface area contributed by atoms with Crippen molar-refractivity contribution in [2.24, 2.45) is 5.73 Å². The molecule has 0 aliphatic rings. The number of nitrogens with two attached hydrogens (primary N) is 1. The lowest BCUT2D eigenvalue weighted by Gasteiger charge is -2.04. The van der Waals surface area contributed by atoms with Crippen LogP contribution < -0.4 is 5.73 Å². The Morgan fingerprint density at radius 1 is 1.36 bits per heavy atom. The van der Waals surface area contributed by atoms with Gasteiger partial charge in [0.1, 0.15) is 15.6 Å². The number of hydrogen-bond donors (Lipinski definition) is 1. The van der Waals surface area contributed by atoms with Crippen LogP contribution in [0.5, 0.6) is 0 Å². The molecule has 0 aromatic heterocycles. The summed E-state index contributed by atoms with van der Waals surface area (Å²) in [6.07, 6.45) is 1.14.